The molecule has 0 amide bonds. The third-order valence-corrected chi connectivity index (χ3v) is 6.67. The van der Waals surface area contributed by atoms with Gasteiger partial charge in [0, 0.05) is 37.8 Å². The Kier molecular flexibility index (Phi) is 5.88. The molecular weight excluding hydrogens is 366 g/mol. The fourth-order valence-electron chi connectivity index (χ4n) is 3.17. The van der Waals surface area contributed by atoms with Crippen molar-refractivity contribution >= 4 is 15.7 Å². The number of sulfonamides is 1. The first-order chi connectivity index (χ1) is 12.9. The number of nitrogens with zero attached hydrogens (tertiary/aromatic N) is 2. The largest absolute Gasteiger partial charge is 0.309 e. The van der Waals surface area contributed by atoms with Crippen molar-refractivity contribution in [2.24, 2.45) is 0 Å². The lowest BCUT2D eigenvalue weighted by atomic mass is 10.1. The van der Waals surface area contributed by atoms with Crippen molar-refractivity contribution < 1.29 is 13.3 Å². The molecule has 7 nitrogen and oxygen atoms in total. The maximum Gasteiger partial charge on any atom is 0.272 e. The fourth-order valence-corrected chi connectivity index (χ4v) is 4.69. The minimum atomic E-state index is -3.39. The quantitative estimate of drug-likeness (QED) is 0.580. The van der Waals surface area contributed by atoms with E-state index in [0.717, 1.165) is 24.0 Å². The van der Waals surface area contributed by atoms with E-state index in [1.165, 1.54) is 4.31 Å². The van der Waals surface area contributed by atoms with Gasteiger partial charge < -0.3 is 5.32 Å². The summed E-state index contributed by atoms with van der Waals surface area (Å²) in [6, 6.07) is 12.1. The van der Waals surface area contributed by atoms with Crippen molar-refractivity contribution in [1.29, 1.82) is 0 Å². The molecule has 1 N–H and O–H groups in total. The Balaban J connectivity index is 1.59. The summed E-state index contributed by atoms with van der Waals surface area (Å²) in [5.41, 5.74) is 2.54. The van der Waals surface area contributed by atoms with Crippen LogP contribution in [0.5, 0.6) is 0 Å². The third-order valence-electron chi connectivity index (χ3n) is 4.75. The molecule has 1 fully saturated rings. The van der Waals surface area contributed by atoms with Crippen molar-refractivity contribution in [2.75, 3.05) is 13.1 Å². The normalized spacial score (nSPS) is 15.1. The zero-order valence-electron chi connectivity index (χ0n) is 15.2. The van der Waals surface area contributed by atoms with Gasteiger partial charge in [-0.25, -0.2) is 8.42 Å². The number of hydrogen-bond donors (Lipinski definition) is 1. The van der Waals surface area contributed by atoms with E-state index in [4.69, 9.17) is 0 Å². The molecule has 2 aromatic rings. The van der Waals surface area contributed by atoms with Gasteiger partial charge in [-0.2, -0.15) is 4.31 Å². The molecule has 0 radical (unpaired) electrons. The Hall–Kier alpha value is -2.29. The molecule has 0 spiro atoms. The van der Waals surface area contributed by atoms with E-state index in [1.807, 2.05) is 6.07 Å². The lowest BCUT2D eigenvalue weighted by Crippen LogP contribution is -2.27. The molecular formula is C19H23N3O4S. The first kappa shape index (κ1) is 19.5. The number of nitrogens with one attached hydrogen (secondary N) is 1. The van der Waals surface area contributed by atoms with Gasteiger partial charge in [0.2, 0.25) is 10.0 Å². The summed E-state index contributed by atoms with van der Waals surface area (Å²) in [5.74, 6) is 0. The minimum Gasteiger partial charge on any atom is -0.309 e. The highest BCUT2D eigenvalue weighted by atomic mass is 32.2. The molecule has 0 saturated carbocycles. The van der Waals surface area contributed by atoms with Crippen LogP contribution < -0.4 is 5.32 Å². The average Bonchev–Trinajstić information content (AvgIpc) is 3.19. The minimum absolute atomic E-state index is 0.116. The molecule has 2 aromatic carbocycles. The highest BCUT2D eigenvalue weighted by Crippen LogP contribution is 2.21. The van der Waals surface area contributed by atoms with Gasteiger partial charge in [-0.05, 0) is 43.0 Å². The van der Waals surface area contributed by atoms with Crippen LogP contribution in [0.3, 0.4) is 0 Å². The van der Waals surface area contributed by atoms with Gasteiger partial charge in [-0.15, -0.1) is 0 Å². The number of rotatable bonds is 7. The monoisotopic (exact) mass is 389 g/mol. The van der Waals surface area contributed by atoms with Crippen LogP contribution in [-0.4, -0.2) is 30.7 Å². The molecule has 0 bridgehead atoms. The van der Waals surface area contributed by atoms with Crippen LogP contribution in [-0.2, 0) is 23.1 Å². The molecule has 8 heteroatoms. The zero-order valence-corrected chi connectivity index (χ0v) is 16.0. The van der Waals surface area contributed by atoms with Crippen molar-refractivity contribution in [2.45, 2.75) is 37.8 Å². The molecule has 0 atom stereocenters. The maximum absolute atomic E-state index is 12.5. The summed E-state index contributed by atoms with van der Waals surface area (Å²) >= 11 is 0. The summed E-state index contributed by atoms with van der Waals surface area (Å²) in [7, 11) is -3.39. The van der Waals surface area contributed by atoms with Crippen molar-refractivity contribution in [1.82, 2.24) is 9.62 Å². The summed E-state index contributed by atoms with van der Waals surface area (Å²) < 4.78 is 26.6. The first-order valence-electron chi connectivity index (χ1n) is 8.91. The summed E-state index contributed by atoms with van der Waals surface area (Å²) in [6.45, 7) is 3.94. The van der Waals surface area contributed by atoms with Gasteiger partial charge in [-0.3, -0.25) is 10.1 Å². The molecule has 144 valence electrons. The summed E-state index contributed by atoms with van der Waals surface area (Å²) in [4.78, 5) is 11.0. The summed E-state index contributed by atoms with van der Waals surface area (Å²) in [6.07, 6.45) is 1.83. The Labute approximate surface area is 159 Å². The van der Waals surface area contributed by atoms with Gasteiger partial charge in [-0.1, -0.05) is 24.3 Å². The molecule has 1 heterocycles. The molecule has 1 saturated heterocycles. The number of nitro groups is 1. The van der Waals surface area contributed by atoms with E-state index in [1.54, 1.807) is 43.3 Å². The number of benzene rings is 2. The smallest absolute Gasteiger partial charge is 0.272 e. The maximum atomic E-state index is 12.5. The highest BCUT2D eigenvalue weighted by Gasteiger charge is 2.26. The van der Waals surface area contributed by atoms with Crippen LogP contribution in [0.15, 0.2) is 47.4 Å². The fraction of sp³-hybridized carbons (Fsp3) is 0.368. The predicted octanol–water partition coefficient (Wildman–Crippen LogP) is 2.98. The van der Waals surface area contributed by atoms with Gasteiger partial charge in [0.25, 0.3) is 5.69 Å². The van der Waals surface area contributed by atoms with Crippen molar-refractivity contribution in [3.63, 3.8) is 0 Å². The van der Waals surface area contributed by atoms with Crippen molar-refractivity contribution in [3.05, 3.63) is 69.3 Å². The van der Waals surface area contributed by atoms with Crippen LogP contribution >= 0.6 is 0 Å². The van der Waals surface area contributed by atoms with Crippen molar-refractivity contribution in [3.8, 4) is 0 Å². The number of nitro benzene ring substituents is 1. The second kappa shape index (κ2) is 8.16. The van der Waals surface area contributed by atoms with E-state index in [2.05, 4.69) is 5.32 Å². The molecule has 0 aliphatic carbocycles. The van der Waals surface area contributed by atoms with E-state index < -0.39 is 10.0 Å². The van der Waals surface area contributed by atoms with Crippen LogP contribution in [0.1, 0.15) is 29.5 Å². The molecule has 3 rings (SSSR count). The highest BCUT2D eigenvalue weighted by molar-refractivity contribution is 7.89. The number of hydrogen-bond acceptors (Lipinski definition) is 5. The topological polar surface area (TPSA) is 92.6 Å². The molecule has 0 aromatic heterocycles. The van der Waals surface area contributed by atoms with E-state index in [9.17, 15) is 18.5 Å². The predicted molar refractivity (Wildman–Crippen MR) is 103 cm³/mol. The van der Waals surface area contributed by atoms with E-state index in [0.29, 0.717) is 36.6 Å². The Bertz CT molecular complexity index is 920. The molecule has 1 aliphatic heterocycles. The second-order valence-electron chi connectivity index (χ2n) is 6.74. The van der Waals surface area contributed by atoms with Gasteiger partial charge in [0.1, 0.15) is 0 Å². The van der Waals surface area contributed by atoms with E-state index in [-0.39, 0.29) is 10.6 Å². The summed E-state index contributed by atoms with van der Waals surface area (Å²) in [5, 5.41) is 14.2. The Morgan fingerprint density at radius 2 is 1.63 bits per heavy atom. The zero-order chi connectivity index (χ0) is 19.4. The first-order valence-corrected chi connectivity index (χ1v) is 10.4. The molecule has 1 aliphatic rings. The number of aryl methyl sites for hydroxylation is 1. The van der Waals surface area contributed by atoms with Crippen LogP contribution in [0.25, 0.3) is 0 Å². The standard InChI is InChI=1S/C19H23N3O4S/c1-15-4-5-17(12-19(15)22(23)24)14-20-13-16-6-8-18(9-7-16)27(25,26)21-10-2-3-11-21/h4-9,12,20H,2-3,10-11,13-14H2,1H3. The van der Waals surface area contributed by atoms with Gasteiger partial charge in [0.15, 0.2) is 0 Å². The van der Waals surface area contributed by atoms with Crippen LogP contribution in [0.4, 0.5) is 5.69 Å². The lowest BCUT2D eigenvalue weighted by molar-refractivity contribution is -0.385. The van der Waals surface area contributed by atoms with Gasteiger partial charge in [0.05, 0.1) is 9.82 Å². The Morgan fingerprint density at radius 3 is 2.26 bits per heavy atom. The lowest BCUT2D eigenvalue weighted by Gasteiger charge is -2.15. The van der Waals surface area contributed by atoms with E-state index >= 15 is 0 Å². The third kappa shape index (κ3) is 4.52. The second-order valence-corrected chi connectivity index (χ2v) is 8.67. The SMILES string of the molecule is Cc1ccc(CNCc2ccc(S(=O)(=O)N3CCCC3)cc2)cc1[N+](=O)[O-]. The molecule has 27 heavy (non-hydrogen) atoms. The molecule has 0 unspecified atom stereocenters. The Morgan fingerprint density at radius 1 is 1.04 bits per heavy atom. The van der Waals surface area contributed by atoms with Crippen LogP contribution in [0.2, 0.25) is 0 Å². The average molecular weight is 389 g/mol. The van der Waals surface area contributed by atoms with Crippen LogP contribution in [0, 0.1) is 17.0 Å². The van der Waals surface area contributed by atoms with Gasteiger partial charge >= 0.3 is 0 Å².